The third kappa shape index (κ3) is 7.70. The molecule has 8 atom stereocenters. The lowest BCUT2D eigenvalue weighted by Gasteiger charge is -2.38. The maximum Gasteiger partial charge on any atom is 0.509 e. The molecule has 8 unspecified atom stereocenters. The third-order valence-corrected chi connectivity index (χ3v) is 6.97. The number of cyclic esters (lactones) is 2. The minimum absolute atomic E-state index is 0.0846. The summed E-state index contributed by atoms with van der Waals surface area (Å²) in [5, 5.41) is 0. The van der Waals surface area contributed by atoms with Gasteiger partial charge in [0, 0.05) is 39.9 Å². The first-order valence-corrected chi connectivity index (χ1v) is 12.3. The van der Waals surface area contributed by atoms with Crippen LogP contribution in [0.3, 0.4) is 0 Å². The highest BCUT2D eigenvalue weighted by molar-refractivity contribution is 5.66. The van der Waals surface area contributed by atoms with Crippen molar-refractivity contribution < 1.29 is 57.1 Å². The van der Waals surface area contributed by atoms with Gasteiger partial charge in [-0.1, -0.05) is 0 Å². The van der Waals surface area contributed by atoms with Gasteiger partial charge in [-0.05, 0) is 38.5 Å². The summed E-state index contributed by atoms with van der Waals surface area (Å²) in [5.74, 6) is -1.09. The Bertz CT molecular complexity index is 785. The lowest BCUT2D eigenvalue weighted by molar-refractivity contribution is -0.163. The summed E-state index contributed by atoms with van der Waals surface area (Å²) >= 11 is 0. The fourth-order valence-corrected chi connectivity index (χ4v) is 5.30. The summed E-state index contributed by atoms with van der Waals surface area (Å²) in [6.07, 6.45) is -1.83. The largest absolute Gasteiger partial charge is 0.509 e. The number of hydrogen-bond donors (Lipinski definition) is 0. The summed E-state index contributed by atoms with van der Waals surface area (Å²) in [4.78, 5) is 47.3. The number of hydrogen-bond acceptors (Lipinski definition) is 12. The number of methoxy groups -OCH3 is 2. The van der Waals surface area contributed by atoms with E-state index in [-0.39, 0.29) is 31.2 Å². The maximum atomic E-state index is 12.8. The van der Waals surface area contributed by atoms with Crippen LogP contribution in [0, 0.1) is 11.8 Å². The van der Waals surface area contributed by atoms with Crippen LogP contribution in [0.5, 0.6) is 0 Å². The highest BCUT2D eigenvalue weighted by Gasteiger charge is 2.43. The van der Waals surface area contributed by atoms with E-state index in [9.17, 15) is 19.2 Å². The molecule has 1 aliphatic heterocycles. The van der Waals surface area contributed by atoms with E-state index in [1.807, 2.05) is 0 Å². The van der Waals surface area contributed by atoms with E-state index in [0.717, 1.165) is 0 Å². The van der Waals surface area contributed by atoms with Crippen LogP contribution in [0.25, 0.3) is 0 Å². The van der Waals surface area contributed by atoms with E-state index >= 15 is 0 Å². The highest BCUT2D eigenvalue weighted by atomic mass is 16.8. The molecule has 0 spiro atoms. The Labute approximate surface area is 210 Å². The fourth-order valence-electron chi connectivity index (χ4n) is 5.30. The molecule has 0 aromatic carbocycles. The lowest BCUT2D eigenvalue weighted by Crippen LogP contribution is -2.46. The molecule has 204 valence electrons. The molecule has 2 aliphatic carbocycles. The molecule has 0 bridgehead atoms. The average Bonchev–Trinajstić information content (AvgIpc) is 3.25. The number of carbonyl (C=O) groups is 4. The van der Waals surface area contributed by atoms with Gasteiger partial charge in [-0.25, -0.2) is 9.59 Å². The third-order valence-electron chi connectivity index (χ3n) is 6.97. The molecule has 3 rings (SSSR count). The van der Waals surface area contributed by atoms with Gasteiger partial charge in [0.1, 0.15) is 37.1 Å². The summed E-state index contributed by atoms with van der Waals surface area (Å²) < 4.78 is 42.9. The Morgan fingerprint density at radius 2 is 1.58 bits per heavy atom. The summed E-state index contributed by atoms with van der Waals surface area (Å²) in [7, 11) is 3.07. The van der Waals surface area contributed by atoms with Crippen LogP contribution < -0.4 is 0 Å². The molecule has 0 amide bonds. The molecule has 0 aromatic heterocycles. The fraction of sp³-hybridized carbons (Fsp3) is 0.833. The molecule has 1 heterocycles. The van der Waals surface area contributed by atoms with Crippen molar-refractivity contribution >= 4 is 24.2 Å². The number of ether oxygens (including phenoxy) is 8. The first-order valence-electron chi connectivity index (χ1n) is 12.3. The van der Waals surface area contributed by atoms with Crippen LogP contribution in [0.15, 0.2) is 0 Å². The first kappa shape index (κ1) is 28.0. The van der Waals surface area contributed by atoms with Crippen LogP contribution in [-0.4, -0.2) is 88.3 Å². The molecule has 36 heavy (non-hydrogen) atoms. The van der Waals surface area contributed by atoms with Gasteiger partial charge in [0.05, 0.1) is 12.7 Å². The maximum absolute atomic E-state index is 12.8. The van der Waals surface area contributed by atoms with Gasteiger partial charge in [0.25, 0.3) is 0 Å². The van der Waals surface area contributed by atoms with Gasteiger partial charge in [-0.2, -0.15) is 0 Å². The van der Waals surface area contributed by atoms with Crippen LogP contribution in [0.4, 0.5) is 9.59 Å². The molecular formula is C24H36O12. The van der Waals surface area contributed by atoms with Crippen LogP contribution in [0.1, 0.15) is 52.4 Å². The first-order chi connectivity index (χ1) is 17.2. The molecular weight excluding hydrogens is 480 g/mol. The number of carbonyl (C=O) groups excluding carboxylic acids is 4. The smallest absolute Gasteiger partial charge is 0.460 e. The average molecular weight is 517 g/mol. The van der Waals surface area contributed by atoms with Crippen LogP contribution in [-0.2, 0) is 47.5 Å². The van der Waals surface area contributed by atoms with Crippen molar-refractivity contribution in [3.8, 4) is 0 Å². The van der Waals surface area contributed by atoms with E-state index in [4.69, 9.17) is 37.9 Å². The standard InChI is InChI=1S/C24H36O12/c1-13(25)32-20-10-16(22-12-31-23(27)36-22)6-8-18(20)34-24(28)35-19-9-15(5-7-17(19)30-4)21(11-29-3)33-14(2)26/h15-22H,5-12H2,1-4H3. The predicted octanol–water partition coefficient (Wildman–Crippen LogP) is 2.54. The minimum Gasteiger partial charge on any atom is -0.460 e. The summed E-state index contributed by atoms with van der Waals surface area (Å²) in [6.45, 7) is 2.99. The van der Waals surface area contributed by atoms with Crippen molar-refractivity contribution in [1.29, 1.82) is 0 Å². The van der Waals surface area contributed by atoms with Crippen LogP contribution >= 0.6 is 0 Å². The van der Waals surface area contributed by atoms with Gasteiger partial charge < -0.3 is 37.9 Å². The molecule has 0 radical (unpaired) electrons. The zero-order valence-electron chi connectivity index (χ0n) is 21.2. The summed E-state index contributed by atoms with van der Waals surface area (Å²) in [5.41, 5.74) is 0. The van der Waals surface area contributed by atoms with Gasteiger partial charge in [0.2, 0.25) is 0 Å². The Kier molecular flexibility index (Phi) is 10.2. The topological polar surface area (TPSA) is 142 Å². The van der Waals surface area contributed by atoms with E-state index in [1.54, 1.807) is 7.11 Å². The van der Waals surface area contributed by atoms with E-state index in [0.29, 0.717) is 38.5 Å². The molecule has 12 heteroatoms. The SMILES string of the molecule is COCC(OC(C)=O)C1CCC(OC)C(OC(=O)OC2CCC(C3COC(=O)O3)CC2OC(C)=O)C1. The zero-order chi connectivity index (χ0) is 26.2. The molecule has 3 aliphatic rings. The van der Waals surface area contributed by atoms with E-state index in [2.05, 4.69) is 0 Å². The summed E-state index contributed by atoms with van der Waals surface area (Å²) in [6, 6.07) is 0. The van der Waals surface area contributed by atoms with Gasteiger partial charge in [-0.3, -0.25) is 9.59 Å². The zero-order valence-corrected chi connectivity index (χ0v) is 21.2. The van der Waals surface area contributed by atoms with Crippen molar-refractivity contribution in [2.24, 2.45) is 11.8 Å². The normalized spacial score (nSPS) is 33.0. The molecule has 3 fully saturated rings. The van der Waals surface area contributed by atoms with E-state index < -0.39 is 54.8 Å². The quantitative estimate of drug-likeness (QED) is 0.328. The molecule has 1 saturated heterocycles. The number of esters is 2. The second kappa shape index (κ2) is 13.1. The van der Waals surface area contributed by atoms with Crippen molar-refractivity contribution in [2.45, 2.75) is 89.0 Å². The monoisotopic (exact) mass is 516 g/mol. The Hall–Kier alpha value is -2.60. The molecule has 12 nitrogen and oxygen atoms in total. The minimum atomic E-state index is -0.894. The van der Waals surface area contributed by atoms with Gasteiger partial charge in [0.15, 0.2) is 0 Å². The van der Waals surface area contributed by atoms with E-state index in [1.165, 1.54) is 21.0 Å². The van der Waals surface area contributed by atoms with Crippen LogP contribution in [0.2, 0.25) is 0 Å². The Morgan fingerprint density at radius 1 is 0.889 bits per heavy atom. The van der Waals surface area contributed by atoms with Crippen molar-refractivity contribution in [3.05, 3.63) is 0 Å². The highest BCUT2D eigenvalue weighted by Crippen LogP contribution is 2.35. The van der Waals surface area contributed by atoms with Gasteiger partial charge >= 0.3 is 24.2 Å². The van der Waals surface area contributed by atoms with Gasteiger partial charge in [-0.15, -0.1) is 0 Å². The lowest BCUT2D eigenvalue weighted by atomic mass is 9.81. The molecule has 0 N–H and O–H groups in total. The Balaban J connectivity index is 1.60. The van der Waals surface area contributed by atoms with Crippen molar-refractivity contribution in [1.82, 2.24) is 0 Å². The second-order valence-electron chi connectivity index (χ2n) is 9.45. The predicted molar refractivity (Wildman–Crippen MR) is 120 cm³/mol. The molecule has 0 aromatic rings. The second-order valence-corrected chi connectivity index (χ2v) is 9.45. The Morgan fingerprint density at radius 3 is 2.19 bits per heavy atom. The number of rotatable bonds is 9. The molecule has 2 saturated carbocycles. The van der Waals surface area contributed by atoms with Crippen molar-refractivity contribution in [3.63, 3.8) is 0 Å². The van der Waals surface area contributed by atoms with Crippen molar-refractivity contribution in [2.75, 3.05) is 27.4 Å².